The van der Waals surface area contributed by atoms with Gasteiger partial charge in [-0.2, -0.15) is 8.42 Å². The third kappa shape index (κ3) is 11.9. The summed E-state index contributed by atoms with van der Waals surface area (Å²) >= 11 is 0. The molecule has 0 aromatic rings. The van der Waals surface area contributed by atoms with Gasteiger partial charge in [-0.15, -0.1) is 0 Å². The monoisotopic (exact) mass is 827 g/mol. The minimum atomic E-state index is -5.12. The molecule has 0 aromatic heterocycles. The van der Waals surface area contributed by atoms with E-state index in [1.807, 2.05) is 6.08 Å². The molecular weight excluding hydrogens is 759 g/mol. The molecule has 16 unspecified atom stereocenters. The molecule has 15 heteroatoms. The lowest BCUT2D eigenvalue weighted by Crippen LogP contribution is -2.61. The number of allylic oxidation sites excluding steroid dienone is 2. The lowest BCUT2D eigenvalue weighted by molar-refractivity contribution is -0.234. The number of nitrogens with zero attached hydrogens (tertiary/aromatic N) is 1. The lowest BCUT2D eigenvalue weighted by Gasteiger charge is -2.50. The number of carbonyl (C=O) groups excluding carboxylic acids is 1. The highest BCUT2D eigenvalue weighted by molar-refractivity contribution is 7.80. The number of rotatable bonds is 2. The van der Waals surface area contributed by atoms with Crippen molar-refractivity contribution in [1.29, 1.82) is 0 Å². The van der Waals surface area contributed by atoms with E-state index >= 15 is 0 Å². The molecular formula is C42H69NO13S. The molecule has 0 radical (unpaired) electrons. The summed E-state index contributed by atoms with van der Waals surface area (Å²) in [5, 5.41) is 67.1. The Labute approximate surface area is 338 Å². The molecule has 326 valence electrons. The third-order valence-electron chi connectivity index (χ3n) is 13.7. The predicted octanol–water partition coefficient (Wildman–Crippen LogP) is 4.00. The van der Waals surface area contributed by atoms with Crippen LogP contribution in [0.2, 0.25) is 0 Å². The first-order chi connectivity index (χ1) is 26.9. The molecule has 14 nitrogen and oxygen atoms in total. The number of aliphatic hydroxyl groups excluding tert-OH is 6. The maximum Gasteiger partial charge on any atom is 0.397 e. The smallest absolute Gasteiger partial charge is 0.397 e. The van der Waals surface area contributed by atoms with Crippen molar-refractivity contribution in [3.63, 3.8) is 0 Å². The van der Waals surface area contributed by atoms with E-state index in [1.54, 1.807) is 19.9 Å². The topological polar surface area (TPSA) is 233 Å². The second-order valence-electron chi connectivity index (χ2n) is 18.2. The second-order valence-corrected chi connectivity index (χ2v) is 19.2. The van der Waals surface area contributed by atoms with E-state index in [1.165, 1.54) is 5.71 Å². The van der Waals surface area contributed by atoms with Crippen LogP contribution in [0.4, 0.5) is 0 Å². The molecule has 1 saturated heterocycles. The Bertz CT molecular complexity index is 1540. The van der Waals surface area contributed by atoms with Crippen LogP contribution < -0.4 is 0 Å². The summed E-state index contributed by atoms with van der Waals surface area (Å²) in [6.07, 6.45) is 1.23. The Hall–Kier alpha value is -1.79. The van der Waals surface area contributed by atoms with Gasteiger partial charge in [0.25, 0.3) is 0 Å². The zero-order valence-electron chi connectivity index (χ0n) is 34.1. The van der Waals surface area contributed by atoms with Gasteiger partial charge < -0.3 is 40.1 Å². The Morgan fingerprint density at radius 3 is 2.30 bits per heavy atom. The van der Waals surface area contributed by atoms with Gasteiger partial charge in [-0.1, -0.05) is 51.8 Å². The number of esters is 1. The maximum atomic E-state index is 13.2. The average molecular weight is 828 g/mol. The molecule has 4 heterocycles. The Morgan fingerprint density at radius 2 is 1.56 bits per heavy atom. The fourth-order valence-corrected chi connectivity index (χ4v) is 11.0. The van der Waals surface area contributed by atoms with Crippen LogP contribution >= 0.6 is 0 Å². The van der Waals surface area contributed by atoms with Crippen molar-refractivity contribution in [2.45, 2.75) is 185 Å². The van der Waals surface area contributed by atoms with Crippen LogP contribution in [0.15, 0.2) is 28.8 Å². The summed E-state index contributed by atoms with van der Waals surface area (Å²) in [5.74, 6) is -1.22. The lowest BCUT2D eigenvalue weighted by atomic mass is 9.55. The van der Waals surface area contributed by atoms with E-state index < -0.39 is 95.7 Å². The molecule has 1 spiro atoms. The summed E-state index contributed by atoms with van der Waals surface area (Å²) in [6, 6.07) is 0. The molecule has 0 aromatic carbocycles. The van der Waals surface area contributed by atoms with Gasteiger partial charge in [0.1, 0.15) is 24.4 Å². The number of carbonyl (C=O) groups is 1. The van der Waals surface area contributed by atoms with Gasteiger partial charge in [-0.05, 0) is 113 Å². The minimum absolute atomic E-state index is 0.0258. The minimum Gasteiger partial charge on any atom is -0.455 e. The molecule has 0 amide bonds. The predicted molar refractivity (Wildman–Crippen MR) is 212 cm³/mol. The van der Waals surface area contributed by atoms with Crippen LogP contribution in [0.1, 0.15) is 124 Å². The third-order valence-corrected chi connectivity index (χ3v) is 14.2. The molecule has 1 fully saturated rings. The Kier molecular flexibility index (Phi) is 16.4. The van der Waals surface area contributed by atoms with Gasteiger partial charge in [-0.3, -0.25) is 14.3 Å². The van der Waals surface area contributed by atoms with Crippen LogP contribution in [-0.4, -0.2) is 123 Å². The van der Waals surface area contributed by atoms with Crippen LogP contribution in [0.5, 0.6) is 0 Å². The van der Waals surface area contributed by atoms with Crippen molar-refractivity contribution in [1.82, 2.24) is 0 Å². The highest BCUT2D eigenvalue weighted by Crippen LogP contribution is 2.53. The molecule has 5 bridgehead atoms. The van der Waals surface area contributed by atoms with E-state index in [4.69, 9.17) is 18.6 Å². The number of aliphatic hydroxyl groups is 6. The van der Waals surface area contributed by atoms with E-state index in [9.17, 15) is 48.4 Å². The van der Waals surface area contributed by atoms with Crippen LogP contribution in [-0.2, 0) is 28.9 Å². The van der Waals surface area contributed by atoms with Crippen LogP contribution in [0, 0.1) is 35.0 Å². The van der Waals surface area contributed by atoms with E-state index in [-0.39, 0.29) is 30.6 Å². The standard InChI is InChI=1S/C42H69NO13S/c1-24-8-7-11-35-42(27(4)15-17-43-35)16-14-28-20-29(42)9-5-6-10-33(54-36(47)23-32(46)22-31(45)21-28)37(48)25(2)19-34-41(56-57(51,52)53)39(50)38(49)40(55-34)26(3)18-30(44)13-12-24/h6,10,20,24-27,29-34,37-41,44-46,48-50H,5,7-9,11-19,21-23H2,1-4H3,(H,51,52,53). The number of hydrogen-bond donors (Lipinski definition) is 7. The fourth-order valence-electron chi connectivity index (χ4n) is 10.5. The molecule has 4 aliphatic heterocycles. The van der Waals surface area contributed by atoms with Gasteiger partial charge in [-0.25, -0.2) is 4.18 Å². The maximum absolute atomic E-state index is 13.2. The number of ether oxygens (including phenoxy) is 2. The quantitative estimate of drug-likeness (QED) is 0.119. The van der Waals surface area contributed by atoms with Gasteiger partial charge >= 0.3 is 16.4 Å². The van der Waals surface area contributed by atoms with Crippen LogP contribution in [0.3, 0.4) is 0 Å². The zero-order chi connectivity index (χ0) is 41.7. The normalized spacial score (nSPS) is 44.0. The van der Waals surface area contributed by atoms with Crippen molar-refractivity contribution in [3.8, 4) is 0 Å². The second kappa shape index (κ2) is 20.2. The van der Waals surface area contributed by atoms with Gasteiger partial charge in [0.05, 0.1) is 43.0 Å². The van der Waals surface area contributed by atoms with Crippen molar-refractivity contribution in [2.75, 3.05) is 6.54 Å². The first-order valence-corrected chi connectivity index (χ1v) is 22.7. The summed E-state index contributed by atoms with van der Waals surface area (Å²) in [4.78, 5) is 18.4. The number of aliphatic imine (C=N–C) groups is 1. The molecule has 5 aliphatic rings. The van der Waals surface area contributed by atoms with Crippen LogP contribution in [0.25, 0.3) is 0 Å². The molecule has 0 saturated carbocycles. The summed E-state index contributed by atoms with van der Waals surface area (Å²) in [5.41, 5.74) is 2.26. The molecule has 57 heavy (non-hydrogen) atoms. The first-order valence-electron chi connectivity index (χ1n) is 21.4. The fraction of sp³-hybridized carbons (Fsp3) is 0.857. The van der Waals surface area contributed by atoms with Crippen molar-refractivity contribution in [2.24, 2.45) is 40.0 Å². The Balaban J connectivity index is 1.51. The number of fused-ring (bicyclic) bond motifs is 5. The highest BCUT2D eigenvalue weighted by atomic mass is 32.3. The van der Waals surface area contributed by atoms with Crippen molar-refractivity contribution in [3.05, 3.63) is 23.8 Å². The van der Waals surface area contributed by atoms with Gasteiger partial charge in [0.15, 0.2) is 0 Å². The number of hydrogen-bond acceptors (Lipinski definition) is 13. The van der Waals surface area contributed by atoms with E-state index in [0.717, 1.165) is 63.5 Å². The zero-order valence-corrected chi connectivity index (χ0v) is 35.0. The summed E-state index contributed by atoms with van der Waals surface area (Å²) < 4.78 is 50.3. The molecule has 16 atom stereocenters. The van der Waals surface area contributed by atoms with Gasteiger partial charge in [0, 0.05) is 24.1 Å². The van der Waals surface area contributed by atoms with Gasteiger partial charge in [0.2, 0.25) is 0 Å². The summed E-state index contributed by atoms with van der Waals surface area (Å²) in [6.45, 7) is 8.71. The molecule has 7 N–H and O–H groups in total. The molecule has 1 aliphatic carbocycles. The van der Waals surface area contributed by atoms with Crippen molar-refractivity contribution >= 4 is 22.1 Å². The average Bonchev–Trinajstić information content (AvgIpc) is 3.12. The Morgan fingerprint density at radius 1 is 0.825 bits per heavy atom. The van der Waals surface area contributed by atoms with E-state index in [2.05, 4.69) is 19.9 Å². The SMILES string of the molecule is CC1CCCC2=NCCC(C)C23CCC2=CC3CCC=CC(OC(=O)CC(O)CC(O)C2)C(O)C(C)CC2OC(C(C)CC(O)CC1)C(O)C(O)C2OS(=O)(=O)O. The molecule has 5 rings (SSSR count). The van der Waals surface area contributed by atoms with E-state index in [0.29, 0.717) is 31.1 Å². The summed E-state index contributed by atoms with van der Waals surface area (Å²) in [7, 11) is -5.12. The first kappa shape index (κ1) is 46.3. The highest BCUT2D eigenvalue weighted by Gasteiger charge is 2.51. The largest absolute Gasteiger partial charge is 0.455 e. The van der Waals surface area contributed by atoms with Crippen molar-refractivity contribution < 1.29 is 62.1 Å².